The van der Waals surface area contributed by atoms with Crippen LogP contribution in [0.5, 0.6) is 0 Å². The number of carbonyl (C=O) groups is 2. The first-order chi connectivity index (χ1) is 17.2. The van der Waals surface area contributed by atoms with E-state index in [2.05, 4.69) is 59.7 Å². The molecule has 3 fully saturated rings. The third-order valence-corrected chi connectivity index (χ3v) is 13.2. The van der Waals surface area contributed by atoms with E-state index in [0.717, 1.165) is 57.1 Å². The average molecular weight is 508 g/mol. The zero-order chi connectivity index (χ0) is 26.8. The zero-order valence-electron chi connectivity index (χ0n) is 24.1. The molecule has 5 aliphatic rings. The minimum Gasteiger partial charge on any atom is -0.469 e. The molecule has 1 aromatic rings. The van der Waals surface area contributed by atoms with E-state index >= 15 is 0 Å². The summed E-state index contributed by atoms with van der Waals surface area (Å²) in [5.41, 5.74) is 1.68. The van der Waals surface area contributed by atoms with E-state index in [0.29, 0.717) is 11.7 Å². The largest absolute Gasteiger partial charge is 0.469 e. The maximum absolute atomic E-state index is 14.5. The van der Waals surface area contributed by atoms with Gasteiger partial charge in [-0.15, -0.1) is 0 Å². The first-order valence-corrected chi connectivity index (χ1v) is 14.4. The highest BCUT2D eigenvalue weighted by molar-refractivity contribution is 5.96. The van der Waals surface area contributed by atoms with Crippen LogP contribution in [0.1, 0.15) is 105 Å². The van der Waals surface area contributed by atoms with E-state index in [1.807, 2.05) is 6.20 Å². The van der Waals surface area contributed by atoms with Gasteiger partial charge in [0.05, 0.1) is 18.7 Å². The second-order valence-electron chi connectivity index (χ2n) is 15.3. The van der Waals surface area contributed by atoms with E-state index in [-0.39, 0.29) is 44.9 Å². The van der Waals surface area contributed by atoms with E-state index in [4.69, 9.17) is 9.26 Å². The molecule has 37 heavy (non-hydrogen) atoms. The number of ketones is 1. The van der Waals surface area contributed by atoms with Crippen LogP contribution in [0.4, 0.5) is 0 Å². The molecule has 0 aliphatic heterocycles. The lowest BCUT2D eigenvalue weighted by atomic mass is 9.33. The molecule has 1 heterocycles. The van der Waals surface area contributed by atoms with Crippen LogP contribution in [-0.2, 0) is 26.2 Å². The second kappa shape index (κ2) is 7.39. The van der Waals surface area contributed by atoms with Gasteiger partial charge in [0.1, 0.15) is 5.76 Å². The van der Waals surface area contributed by atoms with E-state index in [1.54, 1.807) is 0 Å². The molecule has 5 aliphatic carbocycles. The monoisotopic (exact) mass is 507 g/mol. The highest BCUT2D eigenvalue weighted by Crippen LogP contribution is 2.74. The molecule has 0 amide bonds. The molecule has 0 spiro atoms. The van der Waals surface area contributed by atoms with Crippen molar-refractivity contribution < 1.29 is 18.8 Å². The summed E-state index contributed by atoms with van der Waals surface area (Å²) >= 11 is 0. The Kier molecular flexibility index (Phi) is 5.06. The number of fused-ring (bicyclic) bond motifs is 8. The van der Waals surface area contributed by atoms with Crippen LogP contribution in [0, 0.1) is 44.8 Å². The van der Waals surface area contributed by atoms with Crippen LogP contribution in [0.3, 0.4) is 0 Å². The van der Waals surface area contributed by atoms with Gasteiger partial charge in [-0.25, -0.2) is 0 Å². The van der Waals surface area contributed by atoms with Gasteiger partial charge in [0.25, 0.3) is 0 Å². The summed E-state index contributed by atoms with van der Waals surface area (Å²) in [6.07, 6.45) is 11.9. The summed E-state index contributed by atoms with van der Waals surface area (Å²) in [6.45, 7) is 16.4. The molecule has 0 bridgehead atoms. The lowest BCUT2D eigenvalue weighted by Crippen LogP contribution is -2.66. The Morgan fingerprint density at radius 2 is 1.73 bits per heavy atom. The summed E-state index contributed by atoms with van der Waals surface area (Å²) < 4.78 is 11.1. The van der Waals surface area contributed by atoms with Crippen LogP contribution >= 0.6 is 0 Å². The standard InChI is InChI=1S/C32H45NO4/c1-27(2)23-9-10-32(7)24(30(23,5)16-19-18-33-37-25(19)27)22(34)15-20-21-17-29(4,26(35)36-8)12-11-28(21,3)13-14-31(20,32)6/h15,18,21,23-24H,9-14,16-17H2,1-8H3/t21-,23-,24+,28+,29+,30+,31+,32-/m0/s1. The lowest BCUT2D eigenvalue weighted by Gasteiger charge is -2.69. The predicted octanol–water partition coefficient (Wildman–Crippen LogP) is 6.84. The number of hydrogen-bond acceptors (Lipinski definition) is 5. The van der Waals surface area contributed by atoms with Crippen molar-refractivity contribution >= 4 is 11.8 Å². The van der Waals surface area contributed by atoms with Crippen LogP contribution in [-0.4, -0.2) is 24.0 Å². The minimum absolute atomic E-state index is 0.0326. The van der Waals surface area contributed by atoms with Gasteiger partial charge in [-0.2, -0.15) is 0 Å². The predicted molar refractivity (Wildman–Crippen MR) is 142 cm³/mol. The van der Waals surface area contributed by atoms with Gasteiger partial charge in [0.15, 0.2) is 5.78 Å². The third-order valence-electron chi connectivity index (χ3n) is 13.2. The van der Waals surface area contributed by atoms with Gasteiger partial charge in [0, 0.05) is 16.9 Å². The molecule has 0 unspecified atom stereocenters. The number of rotatable bonds is 1. The third kappa shape index (κ3) is 2.95. The van der Waals surface area contributed by atoms with Gasteiger partial charge >= 0.3 is 5.97 Å². The van der Waals surface area contributed by atoms with Crippen molar-refractivity contribution in [1.29, 1.82) is 0 Å². The van der Waals surface area contributed by atoms with E-state index < -0.39 is 5.41 Å². The normalized spacial score (nSPS) is 47.9. The van der Waals surface area contributed by atoms with Crippen molar-refractivity contribution in [2.24, 2.45) is 44.8 Å². The maximum atomic E-state index is 14.5. The summed E-state index contributed by atoms with van der Waals surface area (Å²) in [7, 11) is 1.51. The summed E-state index contributed by atoms with van der Waals surface area (Å²) in [5, 5.41) is 4.19. The van der Waals surface area contributed by atoms with Crippen LogP contribution in [0.2, 0.25) is 0 Å². The SMILES string of the molecule is COC(=O)[C@]1(C)CC[C@]2(C)CC[C@]3(C)C(=CC(=O)[C@@H]4[C@]5(C)Cc6cnoc6C(C)(C)[C@@H]5CC[C@@]43C)[C@@H]2C1. The molecule has 202 valence electrons. The Bertz CT molecular complexity index is 1210. The highest BCUT2D eigenvalue weighted by atomic mass is 16.5. The first kappa shape index (κ1) is 25.4. The fourth-order valence-electron chi connectivity index (χ4n) is 10.9. The number of ether oxygens (including phenoxy) is 1. The topological polar surface area (TPSA) is 69.4 Å². The zero-order valence-corrected chi connectivity index (χ0v) is 24.1. The number of aromatic nitrogens is 1. The molecule has 0 radical (unpaired) electrons. The molecule has 5 heteroatoms. The summed E-state index contributed by atoms with van der Waals surface area (Å²) in [4.78, 5) is 27.4. The molecule has 8 atom stereocenters. The molecular formula is C32H45NO4. The van der Waals surface area contributed by atoms with Crippen molar-refractivity contribution in [3.8, 4) is 0 Å². The fourth-order valence-corrected chi connectivity index (χ4v) is 10.9. The number of carbonyl (C=O) groups excluding carboxylic acids is 2. The molecule has 0 N–H and O–H groups in total. The Morgan fingerprint density at radius 1 is 1.03 bits per heavy atom. The fraction of sp³-hybridized carbons (Fsp3) is 0.781. The maximum Gasteiger partial charge on any atom is 0.311 e. The number of esters is 1. The number of hydrogen-bond donors (Lipinski definition) is 0. The Labute approximate surface area is 222 Å². The van der Waals surface area contributed by atoms with Crippen molar-refractivity contribution in [3.63, 3.8) is 0 Å². The van der Waals surface area contributed by atoms with Crippen molar-refractivity contribution in [1.82, 2.24) is 5.16 Å². The Hall–Kier alpha value is -1.91. The average Bonchev–Trinajstić information content (AvgIpc) is 3.29. The smallest absolute Gasteiger partial charge is 0.311 e. The van der Waals surface area contributed by atoms with Crippen molar-refractivity contribution in [2.45, 2.75) is 105 Å². The molecule has 0 aromatic carbocycles. The van der Waals surface area contributed by atoms with Crippen LogP contribution < -0.4 is 0 Å². The summed E-state index contributed by atoms with van der Waals surface area (Å²) in [5.74, 6) is 1.80. The highest BCUT2D eigenvalue weighted by Gasteiger charge is 2.70. The summed E-state index contributed by atoms with van der Waals surface area (Å²) in [6, 6.07) is 0. The van der Waals surface area contributed by atoms with Gasteiger partial charge < -0.3 is 9.26 Å². The van der Waals surface area contributed by atoms with Gasteiger partial charge in [-0.05, 0) is 97.9 Å². The molecule has 3 saturated carbocycles. The molecule has 6 rings (SSSR count). The molecule has 0 saturated heterocycles. The minimum atomic E-state index is -0.486. The van der Waals surface area contributed by atoms with Crippen LogP contribution in [0.25, 0.3) is 0 Å². The van der Waals surface area contributed by atoms with Crippen LogP contribution in [0.15, 0.2) is 22.4 Å². The second-order valence-corrected chi connectivity index (χ2v) is 15.3. The molecule has 1 aromatic heterocycles. The van der Waals surface area contributed by atoms with Crippen molar-refractivity contribution in [2.75, 3.05) is 7.11 Å². The Balaban J connectivity index is 1.47. The van der Waals surface area contributed by atoms with Crippen molar-refractivity contribution in [3.05, 3.63) is 29.2 Å². The Morgan fingerprint density at radius 3 is 2.43 bits per heavy atom. The van der Waals surface area contributed by atoms with Gasteiger partial charge in [-0.1, -0.05) is 52.3 Å². The molecular weight excluding hydrogens is 462 g/mol. The number of nitrogens with zero attached hydrogens (tertiary/aromatic N) is 1. The lowest BCUT2D eigenvalue weighted by molar-refractivity contribution is -0.175. The van der Waals surface area contributed by atoms with Gasteiger partial charge in [0.2, 0.25) is 0 Å². The number of allylic oxidation sites excluding steroid dienone is 2. The number of methoxy groups -OCH3 is 1. The van der Waals surface area contributed by atoms with Gasteiger partial charge in [-0.3, -0.25) is 9.59 Å². The molecule has 5 nitrogen and oxygen atoms in total. The van der Waals surface area contributed by atoms with E-state index in [1.165, 1.54) is 18.2 Å². The van der Waals surface area contributed by atoms with E-state index in [9.17, 15) is 9.59 Å². The quantitative estimate of drug-likeness (QED) is 0.389. The first-order valence-electron chi connectivity index (χ1n) is 14.4.